The van der Waals surface area contributed by atoms with E-state index in [2.05, 4.69) is 10.0 Å². The summed E-state index contributed by atoms with van der Waals surface area (Å²) < 4.78 is 55.2. The molecule has 13 heteroatoms. The first kappa shape index (κ1) is 28.7. The minimum atomic E-state index is -3.85. The lowest BCUT2D eigenvalue weighted by atomic mass is 9.99. The van der Waals surface area contributed by atoms with Gasteiger partial charge in [0.1, 0.15) is 0 Å². The largest absolute Gasteiger partial charge is 0.326 e. The number of hydrogen-bond acceptors (Lipinski definition) is 5. The van der Waals surface area contributed by atoms with Gasteiger partial charge in [-0.3, -0.25) is 9.52 Å². The first-order valence-corrected chi connectivity index (χ1v) is 15.8. The number of piperidine rings is 1. The minimum Gasteiger partial charge on any atom is -0.326 e. The van der Waals surface area contributed by atoms with Gasteiger partial charge in [-0.15, -0.1) is 0 Å². The SMILES string of the molecule is O=C(Nc1ccc(S(=O)(=O)Nc2ccc(Cl)cc2)cc1)[C@H]1CCCN(S(=O)(=O)Cc2c(Cl)cccc2Cl)C1. The number of carbonyl (C=O) groups excluding carboxylic acids is 1. The van der Waals surface area contributed by atoms with Gasteiger partial charge in [0.15, 0.2) is 0 Å². The molecule has 0 saturated carbocycles. The molecule has 1 heterocycles. The summed E-state index contributed by atoms with van der Waals surface area (Å²) in [5.41, 5.74) is 1.08. The van der Waals surface area contributed by atoms with Crippen LogP contribution in [0, 0.1) is 5.92 Å². The fraction of sp³-hybridized carbons (Fsp3) is 0.240. The topological polar surface area (TPSA) is 113 Å². The summed E-state index contributed by atoms with van der Waals surface area (Å²) in [6.45, 7) is 0.315. The minimum absolute atomic E-state index is 0.0126. The van der Waals surface area contributed by atoms with Crippen LogP contribution < -0.4 is 10.0 Å². The zero-order valence-corrected chi connectivity index (χ0v) is 23.8. The molecule has 0 aromatic heterocycles. The van der Waals surface area contributed by atoms with Crippen molar-refractivity contribution in [3.8, 4) is 0 Å². The van der Waals surface area contributed by atoms with Crippen molar-refractivity contribution in [3.63, 3.8) is 0 Å². The van der Waals surface area contributed by atoms with E-state index in [0.717, 1.165) is 0 Å². The highest BCUT2D eigenvalue weighted by Gasteiger charge is 2.33. The maximum atomic E-state index is 13.1. The normalized spacial score (nSPS) is 16.7. The average molecular weight is 617 g/mol. The smallest absolute Gasteiger partial charge is 0.261 e. The Bertz CT molecular complexity index is 1510. The number of carbonyl (C=O) groups is 1. The summed E-state index contributed by atoms with van der Waals surface area (Å²) in [4.78, 5) is 13.0. The van der Waals surface area contributed by atoms with Crippen molar-refractivity contribution in [3.05, 3.63) is 87.4 Å². The van der Waals surface area contributed by atoms with Crippen molar-refractivity contribution >= 4 is 72.1 Å². The summed E-state index contributed by atoms with van der Waals surface area (Å²) in [6.07, 6.45) is 1.03. The zero-order valence-electron chi connectivity index (χ0n) is 19.9. The third kappa shape index (κ3) is 6.99. The maximum absolute atomic E-state index is 13.1. The highest BCUT2D eigenvalue weighted by atomic mass is 35.5. The molecule has 1 saturated heterocycles. The molecule has 1 aliphatic heterocycles. The number of sulfonamides is 2. The van der Waals surface area contributed by atoms with Crippen LogP contribution in [-0.4, -0.2) is 40.1 Å². The second-order valence-corrected chi connectivity index (χ2v) is 13.7. The number of nitrogens with one attached hydrogen (secondary N) is 2. The van der Waals surface area contributed by atoms with E-state index in [9.17, 15) is 21.6 Å². The number of anilines is 2. The summed E-state index contributed by atoms with van der Waals surface area (Å²) >= 11 is 18.1. The summed E-state index contributed by atoms with van der Waals surface area (Å²) in [6, 6.07) is 16.7. The van der Waals surface area contributed by atoms with Gasteiger partial charge in [0.25, 0.3) is 10.0 Å². The van der Waals surface area contributed by atoms with Crippen molar-refractivity contribution in [2.45, 2.75) is 23.5 Å². The van der Waals surface area contributed by atoms with Gasteiger partial charge < -0.3 is 5.32 Å². The molecule has 3 aromatic carbocycles. The van der Waals surface area contributed by atoms with Crippen LogP contribution in [0.5, 0.6) is 0 Å². The number of amides is 1. The van der Waals surface area contributed by atoms with E-state index in [4.69, 9.17) is 34.8 Å². The molecule has 1 amide bonds. The number of benzene rings is 3. The molecular formula is C25H24Cl3N3O5S2. The van der Waals surface area contributed by atoms with E-state index >= 15 is 0 Å². The molecular weight excluding hydrogens is 593 g/mol. The van der Waals surface area contributed by atoms with Gasteiger partial charge in [-0.25, -0.2) is 21.1 Å². The molecule has 0 spiro atoms. The van der Waals surface area contributed by atoms with Gasteiger partial charge in [0, 0.05) is 45.1 Å². The Morgan fingerprint density at radius 2 is 1.47 bits per heavy atom. The van der Waals surface area contributed by atoms with Crippen molar-refractivity contribution in [2.75, 3.05) is 23.1 Å². The van der Waals surface area contributed by atoms with Crippen LogP contribution in [0.25, 0.3) is 0 Å². The van der Waals surface area contributed by atoms with E-state index < -0.39 is 26.0 Å². The van der Waals surface area contributed by atoms with Crippen LogP contribution in [0.15, 0.2) is 71.6 Å². The lowest BCUT2D eigenvalue weighted by molar-refractivity contribution is -0.120. The molecule has 38 heavy (non-hydrogen) atoms. The molecule has 3 aromatic rings. The van der Waals surface area contributed by atoms with Crippen molar-refractivity contribution in [1.29, 1.82) is 0 Å². The van der Waals surface area contributed by atoms with Crippen LogP contribution in [0.3, 0.4) is 0 Å². The Morgan fingerprint density at radius 3 is 2.11 bits per heavy atom. The van der Waals surface area contributed by atoms with Gasteiger partial charge in [-0.1, -0.05) is 40.9 Å². The summed E-state index contributed by atoms with van der Waals surface area (Å²) in [5, 5.41) is 3.77. The average Bonchev–Trinajstić information content (AvgIpc) is 2.88. The Kier molecular flexibility index (Phi) is 8.91. The van der Waals surface area contributed by atoms with Crippen LogP contribution in [0.2, 0.25) is 15.1 Å². The van der Waals surface area contributed by atoms with Gasteiger partial charge in [-0.05, 0) is 73.5 Å². The fourth-order valence-electron chi connectivity index (χ4n) is 4.05. The molecule has 4 rings (SSSR count). The van der Waals surface area contributed by atoms with Crippen LogP contribution in [0.1, 0.15) is 18.4 Å². The number of halogens is 3. The first-order chi connectivity index (χ1) is 17.9. The Labute approximate surface area is 237 Å². The molecule has 0 radical (unpaired) electrons. The number of rotatable bonds is 8. The van der Waals surface area contributed by atoms with Gasteiger partial charge in [-0.2, -0.15) is 0 Å². The van der Waals surface area contributed by atoms with Crippen LogP contribution in [-0.2, 0) is 30.6 Å². The van der Waals surface area contributed by atoms with Gasteiger partial charge in [0.2, 0.25) is 15.9 Å². The molecule has 202 valence electrons. The fourth-order valence-corrected chi connectivity index (χ4v) is 7.59. The number of hydrogen-bond donors (Lipinski definition) is 2. The lowest BCUT2D eigenvalue weighted by Gasteiger charge is -2.31. The molecule has 0 aliphatic carbocycles. The van der Waals surface area contributed by atoms with E-state index in [1.807, 2.05) is 0 Å². The Balaban J connectivity index is 1.39. The molecule has 0 bridgehead atoms. The van der Waals surface area contributed by atoms with Crippen molar-refractivity contribution in [1.82, 2.24) is 4.31 Å². The second kappa shape index (κ2) is 11.8. The van der Waals surface area contributed by atoms with Gasteiger partial charge in [0.05, 0.1) is 16.6 Å². The lowest BCUT2D eigenvalue weighted by Crippen LogP contribution is -2.44. The summed E-state index contributed by atoms with van der Waals surface area (Å²) in [5.74, 6) is -1.29. The van der Waals surface area contributed by atoms with Gasteiger partial charge >= 0.3 is 0 Å². The predicted molar refractivity (Wildman–Crippen MR) is 151 cm³/mol. The van der Waals surface area contributed by atoms with E-state index in [1.54, 1.807) is 42.5 Å². The number of nitrogens with zero attached hydrogens (tertiary/aromatic N) is 1. The zero-order chi connectivity index (χ0) is 27.5. The van der Waals surface area contributed by atoms with Crippen molar-refractivity contribution in [2.24, 2.45) is 5.92 Å². The first-order valence-electron chi connectivity index (χ1n) is 11.5. The monoisotopic (exact) mass is 615 g/mol. The summed E-state index contributed by atoms with van der Waals surface area (Å²) in [7, 11) is -7.61. The van der Waals surface area contributed by atoms with Crippen LogP contribution in [0.4, 0.5) is 11.4 Å². The molecule has 8 nitrogen and oxygen atoms in total. The van der Waals surface area contributed by atoms with Crippen LogP contribution >= 0.6 is 34.8 Å². The standard InChI is InChI=1S/C25H24Cl3N3O5S2/c26-18-6-8-20(9-7-18)30-38(35,36)21-12-10-19(11-13-21)29-25(32)17-3-2-14-31(15-17)37(33,34)16-22-23(27)4-1-5-24(22)28/h1,4-13,17,30H,2-3,14-16H2,(H,29,32)/t17-/m0/s1. The molecule has 2 N–H and O–H groups in total. The highest BCUT2D eigenvalue weighted by molar-refractivity contribution is 7.92. The third-order valence-electron chi connectivity index (χ3n) is 6.07. The molecule has 1 atom stereocenters. The third-order valence-corrected chi connectivity index (χ3v) is 10.2. The van der Waals surface area contributed by atoms with E-state index in [1.165, 1.54) is 28.6 Å². The molecule has 0 unspecified atom stereocenters. The molecule has 1 fully saturated rings. The maximum Gasteiger partial charge on any atom is 0.261 e. The Morgan fingerprint density at radius 1 is 0.868 bits per heavy atom. The van der Waals surface area contributed by atoms with E-state index in [-0.39, 0.29) is 33.1 Å². The van der Waals surface area contributed by atoms with E-state index in [0.29, 0.717) is 41.3 Å². The van der Waals surface area contributed by atoms with Crippen molar-refractivity contribution < 1.29 is 21.6 Å². The predicted octanol–water partition coefficient (Wildman–Crippen LogP) is 5.63. The molecule has 1 aliphatic rings. The highest BCUT2D eigenvalue weighted by Crippen LogP contribution is 2.29. The Hall–Kier alpha value is -2.34. The quantitative estimate of drug-likeness (QED) is 0.341. The second-order valence-electron chi connectivity index (χ2n) is 8.78.